The molecule has 0 spiro atoms. The van der Waals surface area contributed by atoms with Crippen molar-refractivity contribution in [2.75, 3.05) is 6.54 Å². The van der Waals surface area contributed by atoms with Crippen molar-refractivity contribution in [1.29, 1.82) is 0 Å². The van der Waals surface area contributed by atoms with Gasteiger partial charge < -0.3 is 4.74 Å². The first-order valence-corrected chi connectivity index (χ1v) is 9.22. The largest absolute Gasteiger partial charge is 0.489 e. The number of fused-ring (bicyclic) bond motifs is 1. The van der Waals surface area contributed by atoms with Crippen molar-refractivity contribution < 1.29 is 4.74 Å². The number of ether oxygens (including phenoxy) is 1. The molecule has 0 N–H and O–H groups in total. The monoisotopic (exact) mass is 368 g/mol. The molecule has 0 bridgehead atoms. The molecule has 6 heteroatoms. The summed E-state index contributed by atoms with van der Waals surface area (Å²) in [5.41, 5.74) is 2.32. The first kappa shape index (κ1) is 17.1. The average molecular weight is 369 g/mol. The Bertz CT molecular complexity index is 881. The summed E-state index contributed by atoms with van der Waals surface area (Å²) in [5.74, 6) is 1.59. The minimum absolute atomic E-state index is 0.145. The number of aromatic nitrogens is 3. The average Bonchev–Trinajstić information content (AvgIpc) is 3.04. The molecule has 26 heavy (non-hydrogen) atoms. The Kier molecular flexibility index (Phi) is 4.91. The van der Waals surface area contributed by atoms with Crippen LogP contribution in [0.4, 0.5) is 0 Å². The van der Waals surface area contributed by atoms with E-state index in [4.69, 9.17) is 16.3 Å². The first-order valence-electron chi connectivity index (χ1n) is 8.84. The molecule has 0 saturated carbocycles. The van der Waals surface area contributed by atoms with E-state index in [0.29, 0.717) is 11.0 Å². The van der Waals surface area contributed by atoms with Crippen molar-refractivity contribution in [3.8, 4) is 11.7 Å². The number of hydrogen-bond acceptors (Lipinski definition) is 4. The molecule has 0 fully saturated rings. The summed E-state index contributed by atoms with van der Waals surface area (Å²) < 4.78 is 8.23. The zero-order chi connectivity index (χ0) is 17.9. The summed E-state index contributed by atoms with van der Waals surface area (Å²) in [5, 5.41) is 0.710. The normalized spacial score (nSPS) is 17.4. The van der Waals surface area contributed by atoms with Crippen LogP contribution in [-0.4, -0.2) is 32.1 Å². The van der Waals surface area contributed by atoms with Crippen molar-refractivity contribution in [3.05, 3.63) is 71.3 Å². The van der Waals surface area contributed by atoms with Crippen LogP contribution in [0.2, 0.25) is 5.02 Å². The highest BCUT2D eigenvalue weighted by Crippen LogP contribution is 2.29. The lowest BCUT2D eigenvalue weighted by Crippen LogP contribution is -2.32. The Morgan fingerprint density at radius 1 is 1.19 bits per heavy atom. The third kappa shape index (κ3) is 3.59. The van der Waals surface area contributed by atoms with Crippen LogP contribution in [0.3, 0.4) is 0 Å². The summed E-state index contributed by atoms with van der Waals surface area (Å²) >= 11 is 6.15. The third-order valence-corrected chi connectivity index (χ3v) is 4.86. The van der Waals surface area contributed by atoms with Gasteiger partial charge in [0.2, 0.25) is 5.95 Å². The van der Waals surface area contributed by atoms with E-state index in [-0.39, 0.29) is 6.10 Å². The van der Waals surface area contributed by atoms with Crippen LogP contribution < -0.4 is 4.74 Å². The van der Waals surface area contributed by atoms with Crippen LogP contribution in [0.5, 0.6) is 5.75 Å². The summed E-state index contributed by atoms with van der Waals surface area (Å²) in [7, 11) is 0. The molecule has 1 aliphatic rings. The van der Waals surface area contributed by atoms with Gasteiger partial charge in [0.25, 0.3) is 0 Å². The third-order valence-electron chi connectivity index (χ3n) is 4.62. The molecular weight excluding hydrogens is 348 g/mol. The highest BCUT2D eigenvalue weighted by atomic mass is 35.5. The van der Waals surface area contributed by atoms with Gasteiger partial charge in [-0.1, -0.05) is 24.6 Å². The quantitative estimate of drug-likeness (QED) is 0.695. The standard InChI is InChI=1S/C20H21ClN4O/c1-2-18-14-24(12-15-6-7-16(21)11-19(15)26-18)13-17-5-3-10-25(17)20-22-8-4-9-23-20/h3-11,18H,2,12-14H2,1H3. The number of nitrogens with zero attached hydrogens (tertiary/aromatic N) is 4. The van der Waals surface area contributed by atoms with Crippen molar-refractivity contribution in [2.24, 2.45) is 0 Å². The van der Waals surface area contributed by atoms with Crippen LogP contribution in [-0.2, 0) is 13.1 Å². The van der Waals surface area contributed by atoms with Gasteiger partial charge in [0.1, 0.15) is 11.9 Å². The molecule has 4 rings (SSSR count). The lowest BCUT2D eigenvalue weighted by atomic mass is 10.2. The second kappa shape index (κ2) is 7.48. The first-order chi connectivity index (χ1) is 12.7. The fraction of sp³-hybridized carbons (Fsp3) is 0.300. The van der Waals surface area contributed by atoms with E-state index in [1.807, 2.05) is 35.0 Å². The van der Waals surface area contributed by atoms with Crippen LogP contribution >= 0.6 is 11.6 Å². The van der Waals surface area contributed by atoms with Gasteiger partial charge in [0, 0.05) is 54.5 Å². The van der Waals surface area contributed by atoms with Crippen LogP contribution in [0.15, 0.2) is 55.0 Å². The van der Waals surface area contributed by atoms with Crippen LogP contribution in [0.1, 0.15) is 24.6 Å². The van der Waals surface area contributed by atoms with Crippen LogP contribution in [0, 0.1) is 0 Å². The van der Waals surface area contributed by atoms with E-state index in [0.717, 1.165) is 37.5 Å². The van der Waals surface area contributed by atoms with E-state index < -0.39 is 0 Å². The molecule has 0 saturated heterocycles. The molecule has 1 aliphatic heterocycles. The van der Waals surface area contributed by atoms with Gasteiger partial charge in [-0.2, -0.15) is 0 Å². The zero-order valence-corrected chi connectivity index (χ0v) is 15.4. The van der Waals surface area contributed by atoms with E-state index in [1.165, 1.54) is 5.56 Å². The molecule has 3 aromatic rings. The van der Waals surface area contributed by atoms with Gasteiger partial charge in [-0.3, -0.25) is 9.47 Å². The lowest BCUT2D eigenvalue weighted by molar-refractivity contribution is 0.138. The van der Waals surface area contributed by atoms with Gasteiger partial charge in [-0.25, -0.2) is 9.97 Å². The second-order valence-electron chi connectivity index (χ2n) is 6.49. The highest BCUT2D eigenvalue weighted by Gasteiger charge is 2.23. The van der Waals surface area contributed by atoms with E-state index in [2.05, 4.69) is 33.9 Å². The number of hydrogen-bond donors (Lipinski definition) is 0. The topological polar surface area (TPSA) is 43.2 Å². The molecule has 2 aromatic heterocycles. The summed E-state index contributed by atoms with van der Waals surface area (Å²) in [6.45, 7) is 4.64. The van der Waals surface area contributed by atoms with Gasteiger partial charge in [-0.05, 0) is 36.8 Å². The molecule has 1 atom stereocenters. The van der Waals surface area contributed by atoms with Gasteiger partial charge in [0.15, 0.2) is 0 Å². The molecule has 3 heterocycles. The molecule has 1 unspecified atom stereocenters. The van der Waals surface area contributed by atoms with Gasteiger partial charge in [-0.15, -0.1) is 0 Å². The molecule has 0 amide bonds. The van der Waals surface area contributed by atoms with E-state index in [1.54, 1.807) is 12.4 Å². The van der Waals surface area contributed by atoms with E-state index in [9.17, 15) is 0 Å². The fourth-order valence-electron chi connectivity index (χ4n) is 3.30. The van der Waals surface area contributed by atoms with Crippen molar-refractivity contribution in [2.45, 2.75) is 32.5 Å². The second-order valence-corrected chi connectivity index (χ2v) is 6.92. The number of halogens is 1. The predicted molar refractivity (Wildman–Crippen MR) is 102 cm³/mol. The molecule has 5 nitrogen and oxygen atoms in total. The van der Waals surface area contributed by atoms with E-state index >= 15 is 0 Å². The molecular formula is C20H21ClN4O. The Morgan fingerprint density at radius 3 is 2.85 bits per heavy atom. The smallest absolute Gasteiger partial charge is 0.233 e. The predicted octanol–water partition coefficient (Wildman–Crippen LogP) is 4.09. The maximum absolute atomic E-state index is 6.19. The van der Waals surface area contributed by atoms with Crippen molar-refractivity contribution in [3.63, 3.8) is 0 Å². The minimum Gasteiger partial charge on any atom is -0.489 e. The maximum Gasteiger partial charge on any atom is 0.233 e. The summed E-state index contributed by atoms with van der Waals surface area (Å²) in [6, 6.07) is 11.9. The van der Waals surface area contributed by atoms with Gasteiger partial charge >= 0.3 is 0 Å². The Balaban J connectivity index is 1.60. The Hall–Kier alpha value is -2.37. The molecule has 134 valence electrons. The van der Waals surface area contributed by atoms with Crippen molar-refractivity contribution >= 4 is 11.6 Å². The number of benzene rings is 1. The fourth-order valence-corrected chi connectivity index (χ4v) is 3.46. The molecule has 0 aliphatic carbocycles. The molecule has 1 aromatic carbocycles. The molecule has 0 radical (unpaired) electrons. The minimum atomic E-state index is 0.145. The lowest BCUT2D eigenvalue weighted by Gasteiger charge is -2.23. The zero-order valence-electron chi connectivity index (χ0n) is 14.7. The van der Waals surface area contributed by atoms with Crippen molar-refractivity contribution in [1.82, 2.24) is 19.4 Å². The highest BCUT2D eigenvalue weighted by molar-refractivity contribution is 6.30. The SMILES string of the molecule is CCC1CN(Cc2cccn2-c2ncccn2)Cc2ccc(Cl)cc2O1. The Morgan fingerprint density at radius 2 is 2.04 bits per heavy atom. The Labute approximate surface area is 158 Å². The van der Waals surface area contributed by atoms with Crippen LogP contribution in [0.25, 0.3) is 5.95 Å². The number of rotatable bonds is 4. The maximum atomic E-state index is 6.19. The summed E-state index contributed by atoms with van der Waals surface area (Å²) in [4.78, 5) is 11.1. The van der Waals surface area contributed by atoms with Gasteiger partial charge in [0.05, 0.1) is 0 Å². The summed E-state index contributed by atoms with van der Waals surface area (Å²) in [6.07, 6.45) is 6.62.